The van der Waals surface area contributed by atoms with Gasteiger partial charge in [0, 0.05) is 13.1 Å². The molecule has 1 fully saturated rings. The maximum absolute atomic E-state index is 14.4. The quantitative estimate of drug-likeness (QED) is 0.359. The number of nitrogens with zero attached hydrogens (tertiary/aromatic N) is 1. The minimum absolute atomic E-state index is 0.0465. The van der Waals surface area contributed by atoms with Gasteiger partial charge in [-0.1, -0.05) is 0 Å². The first-order valence-electron chi connectivity index (χ1n) is 8.10. The third kappa shape index (κ3) is 6.23. The Morgan fingerprint density at radius 1 is 0.767 bits per heavy atom. The Bertz CT molecular complexity index is 550. The summed E-state index contributed by atoms with van der Waals surface area (Å²) in [5, 5.41) is 0. The number of rotatable bonds is 7. The van der Waals surface area contributed by atoms with Crippen molar-refractivity contribution in [1.82, 2.24) is 4.90 Å². The SMILES string of the molecule is FC(C(F)(F)F)C(F)(F)COCC(F)(C(F)N1CCC(C(F)(F)F)CC1)C(F)(F)F. The van der Waals surface area contributed by atoms with Crippen molar-refractivity contribution in [2.75, 3.05) is 26.3 Å². The lowest BCUT2D eigenvalue weighted by Crippen LogP contribution is -2.60. The van der Waals surface area contributed by atoms with Crippen molar-refractivity contribution in [1.29, 1.82) is 0 Å². The fourth-order valence-electron chi connectivity index (χ4n) is 2.68. The average molecular weight is 479 g/mol. The molecule has 180 valence electrons. The van der Waals surface area contributed by atoms with Crippen LogP contribution in [0.2, 0.25) is 0 Å². The van der Waals surface area contributed by atoms with Crippen molar-refractivity contribution in [3.05, 3.63) is 0 Å². The molecule has 0 spiro atoms. The number of piperidine rings is 1. The van der Waals surface area contributed by atoms with E-state index in [0.717, 1.165) is 0 Å². The van der Waals surface area contributed by atoms with E-state index in [0.29, 0.717) is 0 Å². The van der Waals surface area contributed by atoms with Gasteiger partial charge in [0.1, 0.15) is 6.61 Å². The fourth-order valence-corrected chi connectivity index (χ4v) is 2.68. The number of halogens is 14. The Balaban J connectivity index is 2.86. The van der Waals surface area contributed by atoms with Gasteiger partial charge < -0.3 is 4.74 Å². The zero-order chi connectivity index (χ0) is 23.8. The van der Waals surface area contributed by atoms with Gasteiger partial charge in [0.2, 0.25) is 0 Å². The van der Waals surface area contributed by atoms with E-state index >= 15 is 0 Å². The van der Waals surface area contributed by atoms with Gasteiger partial charge in [0.15, 0.2) is 6.30 Å². The standard InChI is InChI=1S/C14H15F14NO/c15-8(13(23,24)25)11(18,19)6-30-5-10(17,14(26,27)28)9(16)29-3-1-7(2-4-29)12(20,21)22/h7-9H,1-6H2. The summed E-state index contributed by atoms with van der Waals surface area (Å²) in [7, 11) is 0. The zero-order valence-electron chi connectivity index (χ0n) is 14.6. The van der Waals surface area contributed by atoms with Crippen molar-refractivity contribution in [3.63, 3.8) is 0 Å². The van der Waals surface area contributed by atoms with Crippen LogP contribution in [0, 0.1) is 5.92 Å². The highest BCUT2D eigenvalue weighted by atomic mass is 19.4. The molecule has 0 radical (unpaired) electrons. The number of alkyl halides is 14. The van der Waals surface area contributed by atoms with Crippen molar-refractivity contribution in [3.8, 4) is 0 Å². The van der Waals surface area contributed by atoms with E-state index in [2.05, 4.69) is 4.74 Å². The summed E-state index contributed by atoms with van der Waals surface area (Å²) in [6, 6.07) is 0. The molecule has 0 aromatic rings. The fraction of sp³-hybridized carbons (Fsp3) is 1.00. The summed E-state index contributed by atoms with van der Waals surface area (Å²) in [5.74, 6) is -7.37. The highest BCUT2D eigenvalue weighted by Crippen LogP contribution is 2.43. The molecule has 0 saturated carbocycles. The number of ether oxygens (including phenoxy) is 1. The van der Waals surface area contributed by atoms with Gasteiger partial charge in [0.25, 0.3) is 11.8 Å². The predicted octanol–water partition coefficient (Wildman–Crippen LogP) is 5.38. The van der Waals surface area contributed by atoms with Crippen LogP contribution in [-0.2, 0) is 4.74 Å². The van der Waals surface area contributed by atoms with Crippen LogP contribution >= 0.6 is 0 Å². The van der Waals surface area contributed by atoms with E-state index in [9.17, 15) is 61.5 Å². The molecular formula is C14H15F14NO. The van der Waals surface area contributed by atoms with E-state index in [-0.39, 0.29) is 4.90 Å². The second kappa shape index (κ2) is 8.82. The van der Waals surface area contributed by atoms with Crippen molar-refractivity contribution in [2.24, 2.45) is 5.92 Å². The van der Waals surface area contributed by atoms with Crippen LogP contribution in [-0.4, -0.2) is 73.8 Å². The summed E-state index contributed by atoms with van der Waals surface area (Å²) in [4.78, 5) is 0.0465. The van der Waals surface area contributed by atoms with Crippen LogP contribution in [0.5, 0.6) is 0 Å². The Morgan fingerprint density at radius 2 is 1.23 bits per heavy atom. The highest BCUT2D eigenvalue weighted by molar-refractivity contribution is 4.96. The van der Waals surface area contributed by atoms with Crippen LogP contribution in [0.4, 0.5) is 61.5 Å². The Hall–Kier alpha value is -1.06. The molecule has 1 heterocycles. The Morgan fingerprint density at radius 3 is 1.60 bits per heavy atom. The molecule has 16 heteroatoms. The van der Waals surface area contributed by atoms with Crippen LogP contribution in [0.25, 0.3) is 0 Å². The molecule has 2 nitrogen and oxygen atoms in total. The molecular weight excluding hydrogens is 464 g/mol. The summed E-state index contributed by atoms with van der Waals surface area (Å²) in [6.45, 7) is -7.16. The maximum atomic E-state index is 14.4. The van der Waals surface area contributed by atoms with Crippen molar-refractivity contribution < 1.29 is 66.2 Å². The maximum Gasteiger partial charge on any atom is 0.429 e. The molecule has 0 aliphatic carbocycles. The van der Waals surface area contributed by atoms with Crippen LogP contribution in [0.3, 0.4) is 0 Å². The minimum Gasteiger partial charge on any atom is -0.371 e. The lowest BCUT2D eigenvalue weighted by atomic mass is 9.94. The van der Waals surface area contributed by atoms with Gasteiger partial charge in [-0.15, -0.1) is 0 Å². The van der Waals surface area contributed by atoms with Gasteiger partial charge in [-0.2, -0.15) is 39.5 Å². The third-order valence-electron chi connectivity index (χ3n) is 4.43. The predicted molar refractivity (Wildman–Crippen MR) is 71.9 cm³/mol. The number of hydrogen-bond acceptors (Lipinski definition) is 2. The molecule has 0 bridgehead atoms. The molecule has 0 aromatic carbocycles. The first kappa shape index (κ1) is 27.0. The molecule has 0 aromatic heterocycles. The van der Waals surface area contributed by atoms with E-state index < -0.39 is 87.7 Å². The molecule has 1 rings (SSSR count). The molecule has 0 N–H and O–H groups in total. The van der Waals surface area contributed by atoms with Gasteiger partial charge in [-0.3, -0.25) is 4.90 Å². The summed E-state index contributed by atoms with van der Waals surface area (Å²) in [6.07, 6.45) is -27.2. The van der Waals surface area contributed by atoms with Gasteiger partial charge >= 0.3 is 24.5 Å². The van der Waals surface area contributed by atoms with Crippen LogP contribution in [0.1, 0.15) is 12.8 Å². The molecule has 3 unspecified atom stereocenters. The highest BCUT2D eigenvalue weighted by Gasteiger charge is 2.65. The largest absolute Gasteiger partial charge is 0.429 e. The molecule has 1 aliphatic rings. The normalized spacial score (nSPS) is 22.6. The molecule has 1 aliphatic heterocycles. The van der Waals surface area contributed by atoms with E-state index in [1.165, 1.54) is 0 Å². The first-order chi connectivity index (χ1) is 13.2. The van der Waals surface area contributed by atoms with E-state index in [1.807, 2.05) is 0 Å². The molecule has 1 saturated heterocycles. The lowest BCUT2D eigenvalue weighted by molar-refractivity contribution is -0.296. The van der Waals surface area contributed by atoms with E-state index in [1.54, 1.807) is 0 Å². The summed E-state index contributed by atoms with van der Waals surface area (Å²) in [5.41, 5.74) is -5.07. The van der Waals surface area contributed by atoms with Gasteiger partial charge in [-0.05, 0) is 12.8 Å². The average Bonchev–Trinajstić information content (AvgIpc) is 2.57. The van der Waals surface area contributed by atoms with E-state index in [4.69, 9.17) is 0 Å². The van der Waals surface area contributed by atoms with Crippen molar-refractivity contribution in [2.45, 2.75) is 55.4 Å². The van der Waals surface area contributed by atoms with Crippen LogP contribution in [0.15, 0.2) is 0 Å². The van der Waals surface area contributed by atoms with Crippen molar-refractivity contribution >= 4 is 0 Å². The Labute approximate surface area is 160 Å². The van der Waals surface area contributed by atoms with Gasteiger partial charge in [-0.25, -0.2) is 22.0 Å². The van der Waals surface area contributed by atoms with Gasteiger partial charge in [0.05, 0.1) is 12.5 Å². The summed E-state index contributed by atoms with van der Waals surface area (Å²) < 4.78 is 184. The topological polar surface area (TPSA) is 12.5 Å². The molecule has 0 amide bonds. The second-order valence-electron chi connectivity index (χ2n) is 6.71. The van der Waals surface area contributed by atoms with Crippen LogP contribution < -0.4 is 0 Å². The lowest BCUT2D eigenvalue weighted by Gasteiger charge is -2.40. The third-order valence-corrected chi connectivity index (χ3v) is 4.43. The monoisotopic (exact) mass is 479 g/mol. The zero-order valence-corrected chi connectivity index (χ0v) is 14.6. The summed E-state index contributed by atoms with van der Waals surface area (Å²) >= 11 is 0. The smallest absolute Gasteiger partial charge is 0.371 e. The Kier molecular flexibility index (Phi) is 7.93. The number of hydrogen-bond donors (Lipinski definition) is 0. The molecule has 30 heavy (non-hydrogen) atoms. The minimum atomic E-state index is -6.14. The molecule has 3 atom stereocenters. The second-order valence-corrected chi connectivity index (χ2v) is 6.71. The first-order valence-corrected chi connectivity index (χ1v) is 8.10. The number of likely N-dealkylation sites (tertiary alicyclic amines) is 1.